The lowest BCUT2D eigenvalue weighted by atomic mass is 10.1. The SMILES string of the molecule is NC(N)=NCCc1ccc(OCc2ccccc2COc2ccc(CCN=C(N)N)cc2)cc1.O=C(O)C(F)(F)F.O=C(O)C(F)(F)F. The fraction of sp³-hybridized carbons (Fsp3) is 0.267. The lowest BCUT2D eigenvalue weighted by molar-refractivity contribution is -0.193. The van der Waals surface area contributed by atoms with E-state index in [1.807, 2.05) is 60.7 Å². The molecule has 10 N–H and O–H groups in total. The fourth-order valence-corrected chi connectivity index (χ4v) is 3.29. The van der Waals surface area contributed by atoms with Gasteiger partial charge in [-0.2, -0.15) is 26.3 Å². The molecule has 0 radical (unpaired) electrons. The molecule has 0 spiro atoms. The third-order valence-electron chi connectivity index (χ3n) is 5.63. The Bertz CT molecular complexity index is 1380. The van der Waals surface area contributed by atoms with Gasteiger partial charge in [-0.05, 0) is 59.4 Å². The molecule has 3 aromatic carbocycles. The number of nitrogens with zero attached hydrogens (tertiary/aromatic N) is 2. The van der Waals surface area contributed by atoms with Crippen LogP contribution in [0.25, 0.3) is 0 Å². The number of alkyl halides is 6. The van der Waals surface area contributed by atoms with Gasteiger partial charge in [-0.25, -0.2) is 9.59 Å². The number of carboxylic acids is 2. The van der Waals surface area contributed by atoms with E-state index >= 15 is 0 Å². The Morgan fingerprint density at radius 2 is 0.875 bits per heavy atom. The number of ether oxygens (including phenoxy) is 2. The molecule has 12 nitrogen and oxygen atoms in total. The van der Waals surface area contributed by atoms with Crippen molar-refractivity contribution in [2.75, 3.05) is 13.1 Å². The van der Waals surface area contributed by atoms with Gasteiger partial charge in [-0.3, -0.25) is 9.98 Å². The molecule has 0 aromatic heterocycles. The van der Waals surface area contributed by atoms with Crippen LogP contribution >= 0.6 is 0 Å². The number of hydrogen-bond donors (Lipinski definition) is 6. The molecule has 3 rings (SSSR count). The van der Waals surface area contributed by atoms with E-state index in [0.29, 0.717) is 26.3 Å². The summed E-state index contributed by atoms with van der Waals surface area (Å²) in [6, 6.07) is 24.0. The number of nitrogens with two attached hydrogens (primary N) is 4. The molecule has 0 saturated carbocycles. The van der Waals surface area contributed by atoms with Crippen molar-refractivity contribution < 1.29 is 55.6 Å². The second-order valence-corrected chi connectivity index (χ2v) is 9.35. The minimum Gasteiger partial charge on any atom is -0.489 e. The van der Waals surface area contributed by atoms with Gasteiger partial charge in [0, 0.05) is 13.1 Å². The first-order valence-corrected chi connectivity index (χ1v) is 13.6. The Morgan fingerprint density at radius 3 is 1.12 bits per heavy atom. The first-order valence-electron chi connectivity index (χ1n) is 13.6. The molecular formula is C30H34F6N6O6. The topological polar surface area (TPSA) is 222 Å². The molecular weight excluding hydrogens is 654 g/mol. The van der Waals surface area contributed by atoms with Gasteiger partial charge in [0.25, 0.3) is 0 Å². The zero-order chi connectivity index (χ0) is 36.3. The van der Waals surface area contributed by atoms with E-state index in [0.717, 1.165) is 46.6 Å². The number of rotatable bonds is 12. The van der Waals surface area contributed by atoms with E-state index in [2.05, 4.69) is 22.1 Å². The molecule has 0 aliphatic heterocycles. The minimum atomic E-state index is -5.08. The van der Waals surface area contributed by atoms with Gasteiger partial charge in [0.05, 0.1) is 0 Å². The van der Waals surface area contributed by atoms with Crippen LogP contribution in [0, 0.1) is 0 Å². The van der Waals surface area contributed by atoms with Gasteiger partial charge in [0.2, 0.25) is 0 Å². The average Bonchev–Trinajstić information content (AvgIpc) is 3.00. The van der Waals surface area contributed by atoms with E-state index in [1.54, 1.807) is 0 Å². The van der Waals surface area contributed by atoms with Crippen LogP contribution in [0.5, 0.6) is 11.5 Å². The summed E-state index contributed by atoms with van der Waals surface area (Å²) in [6.45, 7) is 2.04. The van der Waals surface area contributed by atoms with Gasteiger partial charge in [-0.15, -0.1) is 0 Å². The van der Waals surface area contributed by atoms with Gasteiger partial charge < -0.3 is 42.6 Å². The van der Waals surface area contributed by atoms with Crippen LogP contribution in [0.1, 0.15) is 22.3 Å². The van der Waals surface area contributed by atoms with Gasteiger partial charge >= 0.3 is 24.3 Å². The van der Waals surface area contributed by atoms with Crippen molar-refractivity contribution in [1.82, 2.24) is 0 Å². The highest BCUT2D eigenvalue weighted by Crippen LogP contribution is 2.20. The summed E-state index contributed by atoms with van der Waals surface area (Å²) < 4.78 is 75.5. The zero-order valence-electron chi connectivity index (χ0n) is 25.2. The standard InChI is InChI=1S/C26H32N6O2.2C2HF3O2/c27-25(28)31-15-13-19-5-9-23(10-6-19)33-17-21-3-1-2-4-22(21)18-34-24-11-7-20(8-12-24)14-16-32-26(29)30;2*3-2(4,5)1(6)7/h1-12H,13-18H2,(H4,27,28,31)(H4,29,30,32);2*(H,6,7). The number of benzene rings is 3. The lowest BCUT2D eigenvalue weighted by Crippen LogP contribution is -2.23. The number of carbonyl (C=O) groups is 2. The fourth-order valence-electron chi connectivity index (χ4n) is 3.29. The molecule has 0 unspecified atom stereocenters. The lowest BCUT2D eigenvalue weighted by Gasteiger charge is -2.13. The minimum absolute atomic E-state index is 0.110. The summed E-state index contributed by atoms with van der Waals surface area (Å²) >= 11 is 0. The Balaban J connectivity index is 0.000000687. The predicted molar refractivity (Wildman–Crippen MR) is 164 cm³/mol. The molecule has 262 valence electrons. The molecule has 0 bridgehead atoms. The van der Waals surface area contributed by atoms with E-state index in [4.69, 9.17) is 52.2 Å². The highest BCUT2D eigenvalue weighted by Gasteiger charge is 2.38. The first kappa shape index (κ1) is 40.3. The third kappa shape index (κ3) is 17.7. The molecule has 48 heavy (non-hydrogen) atoms. The number of halogens is 6. The van der Waals surface area contributed by atoms with E-state index in [9.17, 15) is 26.3 Å². The van der Waals surface area contributed by atoms with Gasteiger partial charge in [0.1, 0.15) is 24.7 Å². The molecule has 0 heterocycles. The molecule has 0 saturated heterocycles. The van der Waals surface area contributed by atoms with E-state index < -0.39 is 24.3 Å². The van der Waals surface area contributed by atoms with Crippen LogP contribution in [-0.4, -0.2) is 59.5 Å². The maximum absolute atomic E-state index is 10.6. The van der Waals surface area contributed by atoms with Crippen LogP contribution in [0.3, 0.4) is 0 Å². The Morgan fingerprint density at radius 1 is 0.583 bits per heavy atom. The number of hydrogen-bond acceptors (Lipinski definition) is 6. The van der Waals surface area contributed by atoms with Crippen LogP contribution < -0.4 is 32.4 Å². The number of carboxylic acid groups (broad SMARTS) is 2. The summed E-state index contributed by atoms with van der Waals surface area (Å²) in [5.41, 5.74) is 25.9. The largest absolute Gasteiger partial charge is 0.490 e. The first-order chi connectivity index (χ1) is 22.4. The normalized spacial score (nSPS) is 10.6. The summed E-state index contributed by atoms with van der Waals surface area (Å²) in [6.07, 6.45) is -8.62. The number of guanidine groups is 2. The predicted octanol–water partition coefficient (Wildman–Crippen LogP) is 3.74. The molecule has 3 aromatic rings. The van der Waals surface area contributed by atoms with Crippen molar-refractivity contribution >= 4 is 23.9 Å². The van der Waals surface area contributed by atoms with Gasteiger partial charge in [0.15, 0.2) is 11.9 Å². The van der Waals surface area contributed by atoms with Crippen LogP contribution in [-0.2, 0) is 35.6 Å². The molecule has 18 heteroatoms. The summed E-state index contributed by atoms with van der Waals surface area (Å²) in [7, 11) is 0. The quantitative estimate of drug-likeness (QED) is 0.0919. The Labute approximate surface area is 270 Å². The van der Waals surface area contributed by atoms with Crippen LogP contribution in [0.4, 0.5) is 26.3 Å². The molecule has 0 atom stereocenters. The average molecular weight is 689 g/mol. The monoisotopic (exact) mass is 688 g/mol. The summed E-state index contributed by atoms with van der Waals surface area (Å²) in [5, 5.41) is 14.2. The van der Waals surface area contributed by atoms with Crippen molar-refractivity contribution in [3.8, 4) is 11.5 Å². The second-order valence-electron chi connectivity index (χ2n) is 9.35. The van der Waals surface area contributed by atoms with Crippen molar-refractivity contribution in [3.05, 3.63) is 95.1 Å². The van der Waals surface area contributed by atoms with Crippen LogP contribution in [0.2, 0.25) is 0 Å². The Kier molecular flexibility index (Phi) is 16.6. The second kappa shape index (κ2) is 19.7. The third-order valence-corrected chi connectivity index (χ3v) is 5.63. The van der Waals surface area contributed by atoms with E-state index in [1.165, 1.54) is 0 Å². The van der Waals surface area contributed by atoms with Crippen molar-refractivity contribution in [2.24, 2.45) is 32.9 Å². The number of aliphatic carboxylic acids is 2. The van der Waals surface area contributed by atoms with Crippen molar-refractivity contribution in [2.45, 2.75) is 38.4 Å². The molecule has 0 aliphatic rings. The highest BCUT2D eigenvalue weighted by molar-refractivity contribution is 5.76. The maximum Gasteiger partial charge on any atom is 0.490 e. The smallest absolute Gasteiger partial charge is 0.489 e. The van der Waals surface area contributed by atoms with Crippen LogP contribution in [0.15, 0.2) is 82.8 Å². The zero-order valence-corrected chi connectivity index (χ0v) is 25.2. The van der Waals surface area contributed by atoms with E-state index in [-0.39, 0.29) is 11.9 Å². The maximum atomic E-state index is 10.6. The highest BCUT2D eigenvalue weighted by atomic mass is 19.4. The van der Waals surface area contributed by atoms with Crippen molar-refractivity contribution in [3.63, 3.8) is 0 Å². The molecule has 0 fully saturated rings. The summed E-state index contributed by atoms with van der Waals surface area (Å²) in [4.78, 5) is 25.8. The van der Waals surface area contributed by atoms with Crippen molar-refractivity contribution in [1.29, 1.82) is 0 Å². The Hall–Kier alpha value is -5.68. The summed E-state index contributed by atoms with van der Waals surface area (Å²) in [5.74, 6) is -3.69. The van der Waals surface area contributed by atoms with Gasteiger partial charge in [-0.1, -0.05) is 48.5 Å². The molecule has 0 aliphatic carbocycles. The molecule has 0 amide bonds. The number of aliphatic imine (C=N–C) groups is 2.